The first-order valence-corrected chi connectivity index (χ1v) is 10.4. The third kappa shape index (κ3) is 4.30. The molecule has 12 heteroatoms. The molecule has 1 atom stereocenters. The van der Waals surface area contributed by atoms with Gasteiger partial charge in [0, 0.05) is 18.2 Å². The van der Waals surface area contributed by atoms with Crippen molar-refractivity contribution in [2.75, 3.05) is 12.3 Å². The number of aromatic nitrogens is 5. The number of hydrogen-bond acceptors (Lipinski definition) is 10. The molecule has 1 fully saturated rings. The second-order valence-electron chi connectivity index (χ2n) is 7.74. The molecule has 1 aromatic carbocycles. The van der Waals surface area contributed by atoms with Gasteiger partial charge in [-0.3, -0.25) is 9.69 Å². The molecule has 1 aliphatic heterocycles. The van der Waals surface area contributed by atoms with Gasteiger partial charge in [-0.2, -0.15) is 9.78 Å². The van der Waals surface area contributed by atoms with Gasteiger partial charge in [-0.25, -0.2) is 10.1 Å². The second-order valence-corrected chi connectivity index (χ2v) is 7.74. The minimum atomic E-state index is -0.541. The second kappa shape index (κ2) is 9.14. The summed E-state index contributed by atoms with van der Waals surface area (Å²) < 4.78 is 6.08. The van der Waals surface area contributed by atoms with Crippen LogP contribution in [0.25, 0.3) is 5.82 Å². The Morgan fingerprint density at radius 2 is 2.16 bits per heavy atom. The molecular weight excluding hydrogens is 414 g/mol. The summed E-state index contributed by atoms with van der Waals surface area (Å²) in [6.07, 6.45) is 3.31. The van der Waals surface area contributed by atoms with E-state index in [4.69, 9.17) is 10.4 Å². The highest BCUT2D eigenvalue weighted by atomic mass is 16.6. The van der Waals surface area contributed by atoms with Crippen molar-refractivity contribution < 1.29 is 14.5 Å². The molecule has 32 heavy (non-hydrogen) atoms. The maximum absolute atomic E-state index is 13.0. The van der Waals surface area contributed by atoms with Crippen LogP contribution in [0.3, 0.4) is 0 Å². The number of nitrogen functional groups attached to an aromatic ring is 1. The Kier molecular flexibility index (Phi) is 6.12. The quantitative estimate of drug-likeness (QED) is 0.381. The van der Waals surface area contributed by atoms with E-state index in [0.717, 1.165) is 19.4 Å². The summed E-state index contributed by atoms with van der Waals surface area (Å²) in [7, 11) is 0. The molecule has 3 aromatic rings. The number of hydrazone groups is 1. The number of rotatable bonds is 6. The molecule has 4 N–H and O–H groups in total. The number of nitrogens with two attached hydrogens (primary N) is 1. The van der Waals surface area contributed by atoms with E-state index in [1.54, 1.807) is 31.2 Å². The smallest absolute Gasteiger partial charge is 0.293 e. The molecule has 1 saturated heterocycles. The molecule has 0 radical (unpaired) electrons. The minimum absolute atomic E-state index is 0.0446. The number of amides is 1. The lowest BCUT2D eigenvalue weighted by Crippen LogP contribution is -2.38. The van der Waals surface area contributed by atoms with Crippen molar-refractivity contribution in [2.24, 2.45) is 5.10 Å². The summed E-state index contributed by atoms with van der Waals surface area (Å²) in [6, 6.07) is 7.09. The number of phenolic OH excluding ortho intramolecular Hbond substituents is 1. The highest BCUT2D eigenvalue weighted by Crippen LogP contribution is 2.23. The molecule has 168 valence electrons. The van der Waals surface area contributed by atoms with Gasteiger partial charge in [0.2, 0.25) is 11.6 Å². The lowest BCUT2D eigenvalue weighted by molar-refractivity contribution is 0.0944. The Hall–Kier alpha value is -3.80. The van der Waals surface area contributed by atoms with Gasteiger partial charge >= 0.3 is 0 Å². The zero-order valence-corrected chi connectivity index (χ0v) is 17.9. The van der Waals surface area contributed by atoms with Crippen molar-refractivity contribution in [1.29, 1.82) is 0 Å². The van der Waals surface area contributed by atoms with Crippen LogP contribution in [0.15, 0.2) is 34.0 Å². The number of likely N-dealkylation sites (tertiary alicyclic amines) is 1. The molecule has 4 rings (SSSR count). The predicted octanol–water partition coefficient (Wildman–Crippen LogP) is 1.47. The number of anilines is 1. The van der Waals surface area contributed by atoms with Crippen LogP contribution >= 0.6 is 0 Å². The summed E-state index contributed by atoms with van der Waals surface area (Å²) in [5, 5.41) is 29.6. The number of carbonyl (C=O) groups excluding carboxylic acids is 1. The van der Waals surface area contributed by atoms with Gasteiger partial charge in [0.05, 0.1) is 11.4 Å². The molecule has 0 aliphatic carbocycles. The average molecular weight is 439 g/mol. The Labute approximate surface area is 184 Å². The number of hydrogen-bond donors (Lipinski definition) is 3. The van der Waals surface area contributed by atoms with Crippen molar-refractivity contribution in [3.63, 3.8) is 0 Å². The monoisotopic (exact) mass is 439 g/mol. The van der Waals surface area contributed by atoms with Gasteiger partial charge in [0.1, 0.15) is 5.75 Å². The van der Waals surface area contributed by atoms with Crippen molar-refractivity contribution in [2.45, 2.75) is 45.7 Å². The lowest BCUT2D eigenvalue weighted by Gasteiger charge is -2.33. The molecule has 12 nitrogen and oxygen atoms in total. The van der Waals surface area contributed by atoms with E-state index in [0.29, 0.717) is 29.6 Å². The van der Waals surface area contributed by atoms with Crippen LogP contribution in [-0.4, -0.2) is 59.5 Å². The zero-order chi connectivity index (χ0) is 22.7. The van der Waals surface area contributed by atoms with Crippen LogP contribution in [0, 0.1) is 0 Å². The number of carbonyl (C=O) groups is 1. The number of benzene rings is 1. The summed E-state index contributed by atoms with van der Waals surface area (Å²) in [5.41, 5.74) is 9.91. The molecule has 3 heterocycles. The Morgan fingerprint density at radius 1 is 1.34 bits per heavy atom. The Morgan fingerprint density at radius 3 is 2.88 bits per heavy atom. The Bertz CT molecular complexity index is 1140. The van der Waals surface area contributed by atoms with Gasteiger partial charge < -0.3 is 10.8 Å². The third-order valence-electron chi connectivity index (χ3n) is 5.59. The van der Waals surface area contributed by atoms with Crippen LogP contribution in [-0.2, 0) is 6.54 Å². The van der Waals surface area contributed by atoms with Crippen LogP contribution in [0.2, 0.25) is 0 Å². The fourth-order valence-corrected chi connectivity index (χ4v) is 3.74. The first kappa shape index (κ1) is 21.4. The van der Waals surface area contributed by atoms with Crippen molar-refractivity contribution in [1.82, 2.24) is 35.6 Å². The van der Waals surface area contributed by atoms with Crippen LogP contribution in [0.1, 0.15) is 54.9 Å². The molecule has 1 amide bonds. The lowest BCUT2D eigenvalue weighted by atomic mass is 10.0. The standard InChI is InChI=1S/C20H25N9O3/c1-12-7-5-6-10-28(12)11-15-17(23-27-29(15)19-18(21)25-32-26-19)20(31)24-22-13(2)14-8-3-4-9-16(14)30/h3-4,8-9,12,30H,5-7,10-11H2,1-2H3,(H2,21,25)(H,24,31)/b22-13+/t12-/m1/s1. The fraction of sp³-hybridized carbons (Fsp3) is 0.400. The normalized spacial score (nSPS) is 17.4. The molecule has 2 aromatic heterocycles. The van der Waals surface area contributed by atoms with Gasteiger partial charge in [-0.05, 0) is 55.7 Å². The maximum Gasteiger partial charge on any atom is 0.293 e. The van der Waals surface area contributed by atoms with E-state index >= 15 is 0 Å². The SMILES string of the molecule is C/C(=N\NC(=O)c1nnn(-c2nonc2N)c1CN1CCCC[C@H]1C)c1ccccc1O. The van der Waals surface area contributed by atoms with E-state index in [2.05, 4.69) is 43.0 Å². The van der Waals surface area contributed by atoms with Gasteiger partial charge in [-0.15, -0.1) is 5.10 Å². The predicted molar refractivity (Wildman–Crippen MR) is 115 cm³/mol. The summed E-state index contributed by atoms with van der Waals surface area (Å²) in [6.45, 7) is 5.15. The number of piperidine rings is 1. The molecule has 0 unspecified atom stereocenters. The summed E-state index contributed by atoms with van der Waals surface area (Å²) >= 11 is 0. The van der Waals surface area contributed by atoms with Crippen LogP contribution in [0.4, 0.5) is 5.82 Å². The molecule has 0 saturated carbocycles. The van der Waals surface area contributed by atoms with Crippen molar-refractivity contribution >= 4 is 17.4 Å². The van der Waals surface area contributed by atoms with E-state index in [1.807, 2.05) is 0 Å². The van der Waals surface area contributed by atoms with E-state index in [1.165, 1.54) is 11.1 Å². The third-order valence-corrected chi connectivity index (χ3v) is 5.59. The van der Waals surface area contributed by atoms with Crippen LogP contribution < -0.4 is 11.2 Å². The largest absolute Gasteiger partial charge is 0.507 e. The van der Waals surface area contributed by atoms with Gasteiger partial charge in [0.25, 0.3) is 5.91 Å². The maximum atomic E-state index is 13.0. The van der Waals surface area contributed by atoms with Crippen LogP contribution in [0.5, 0.6) is 5.75 Å². The van der Waals surface area contributed by atoms with Crippen molar-refractivity contribution in [3.05, 3.63) is 41.2 Å². The average Bonchev–Trinajstić information content (AvgIpc) is 3.39. The first-order chi connectivity index (χ1) is 15.5. The highest BCUT2D eigenvalue weighted by Gasteiger charge is 2.28. The van der Waals surface area contributed by atoms with Crippen molar-refractivity contribution in [3.8, 4) is 11.6 Å². The number of nitrogens with zero attached hydrogens (tertiary/aromatic N) is 7. The van der Waals surface area contributed by atoms with E-state index in [-0.39, 0.29) is 23.1 Å². The first-order valence-electron chi connectivity index (χ1n) is 10.4. The minimum Gasteiger partial charge on any atom is -0.507 e. The summed E-state index contributed by atoms with van der Waals surface area (Å²) in [5.74, 6) is -0.253. The van der Waals surface area contributed by atoms with E-state index < -0.39 is 5.91 Å². The molecule has 0 spiro atoms. The van der Waals surface area contributed by atoms with Gasteiger partial charge in [0.15, 0.2) is 5.69 Å². The molecule has 1 aliphatic rings. The Balaban J connectivity index is 1.63. The topological polar surface area (TPSA) is 161 Å². The number of phenols is 1. The zero-order valence-electron chi connectivity index (χ0n) is 17.9. The van der Waals surface area contributed by atoms with E-state index in [9.17, 15) is 9.90 Å². The summed E-state index contributed by atoms with van der Waals surface area (Å²) in [4.78, 5) is 15.2. The highest BCUT2D eigenvalue weighted by molar-refractivity contribution is 6.02. The number of aromatic hydroxyl groups is 1. The molecule has 0 bridgehead atoms. The number of nitrogens with one attached hydrogen (secondary N) is 1. The molecular formula is C20H25N9O3. The van der Waals surface area contributed by atoms with Gasteiger partial charge in [-0.1, -0.05) is 23.8 Å². The fourth-order valence-electron chi connectivity index (χ4n) is 3.74. The number of para-hydroxylation sites is 1.